The fraction of sp³-hybridized carbons (Fsp3) is 0.500. The minimum absolute atomic E-state index is 0.318. The van der Waals surface area contributed by atoms with Gasteiger partial charge in [0.1, 0.15) is 5.60 Å². The van der Waals surface area contributed by atoms with E-state index < -0.39 is 11.7 Å². The number of hydrogen-bond donors (Lipinski definition) is 1. The van der Waals surface area contributed by atoms with Gasteiger partial charge in [0, 0.05) is 13.1 Å². The second-order valence-corrected chi connectivity index (χ2v) is 6.34. The van der Waals surface area contributed by atoms with E-state index in [9.17, 15) is 9.90 Å². The summed E-state index contributed by atoms with van der Waals surface area (Å²) in [4.78, 5) is 14.0. The molecule has 1 aromatic carbocycles. The molecule has 0 fully saturated rings. The molecule has 0 spiro atoms. The normalized spacial score (nSPS) is 13.1. The highest BCUT2D eigenvalue weighted by atomic mass is 16.6. The summed E-state index contributed by atoms with van der Waals surface area (Å²) in [5, 5.41) is 9.22. The van der Waals surface area contributed by atoms with Crippen LogP contribution >= 0.6 is 0 Å². The molecular weight excluding hydrogens is 278 g/mol. The summed E-state index contributed by atoms with van der Waals surface area (Å²) in [6.07, 6.45) is 3.49. The fourth-order valence-corrected chi connectivity index (χ4v) is 1.89. The second-order valence-electron chi connectivity index (χ2n) is 6.34. The number of aliphatic hydroxyl groups is 1. The molecule has 1 aromatic rings. The highest BCUT2D eigenvalue weighted by Crippen LogP contribution is 2.13. The molecular formula is C18H27NO3. The van der Waals surface area contributed by atoms with E-state index in [1.807, 2.05) is 57.2 Å². The lowest BCUT2D eigenvalue weighted by molar-refractivity contribution is 0.0237. The van der Waals surface area contributed by atoms with Crippen molar-refractivity contribution in [1.82, 2.24) is 4.90 Å². The van der Waals surface area contributed by atoms with Crippen molar-refractivity contribution in [3.8, 4) is 0 Å². The number of carbonyl (C=O) groups is 1. The Hall–Kier alpha value is -1.81. The molecule has 22 heavy (non-hydrogen) atoms. The minimum atomic E-state index is -0.512. The molecule has 1 rings (SSSR count). The molecule has 0 unspecified atom stereocenters. The van der Waals surface area contributed by atoms with Gasteiger partial charge in [0.05, 0.1) is 6.10 Å². The smallest absolute Gasteiger partial charge is 0.410 e. The van der Waals surface area contributed by atoms with Gasteiger partial charge in [-0.2, -0.15) is 0 Å². The van der Waals surface area contributed by atoms with Crippen molar-refractivity contribution in [2.75, 3.05) is 6.54 Å². The number of ether oxygens (including phenoxy) is 1. The van der Waals surface area contributed by atoms with E-state index in [2.05, 4.69) is 0 Å². The highest BCUT2D eigenvalue weighted by molar-refractivity contribution is 5.68. The first-order chi connectivity index (χ1) is 10.3. The van der Waals surface area contributed by atoms with E-state index >= 15 is 0 Å². The van der Waals surface area contributed by atoms with Gasteiger partial charge in [0.15, 0.2) is 0 Å². The molecule has 122 valence electrons. The molecule has 0 aromatic heterocycles. The Bertz CT molecular complexity index is 475. The quantitative estimate of drug-likeness (QED) is 0.814. The van der Waals surface area contributed by atoms with Crippen molar-refractivity contribution in [2.45, 2.75) is 52.4 Å². The monoisotopic (exact) mass is 305 g/mol. The predicted octanol–water partition coefficient (Wildman–Crippen LogP) is 3.75. The van der Waals surface area contributed by atoms with Crippen LogP contribution in [0.5, 0.6) is 0 Å². The van der Waals surface area contributed by atoms with Crippen LogP contribution in [0.3, 0.4) is 0 Å². The number of hydrogen-bond acceptors (Lipinski definition) is 3. The third-order valence-corrected chi connectivity index (χ3v) is 2.85. The number of aliphatic hydroxyl groups excluding tert-OH is 1. The third-order valence-electron chi connectivity index (χ3n) is 2.85. The molecule has 0 aliphatic heterocycles. The van der Waals surface area contributed by atoms with Gasteiger partial charge in [0.2, 0.25) is 0 Å². The zero-order chi connectivity index (χ0) is 16.6. The minimum Gasteiger partial charge on any atom is -0.444 e. The maximum atomic E-state index is 12.3. The lowest BCUT2D eigenvalue weighted by Gasteiger charge is -2.27. The Morgan fingerprint density at radius 2 is 1.95 bits per heavy atom. The van der Waals surface area contributed by atoms with Crippen LogP contribution < -0.4 is 0 Å². The molecule has 0 saturated carbocycles. The van der Waals surface area contributed by atoms with Crippen molar-refractivity contribution >= 4 is 6.09 Å². The topological polar surface area (TPSA) is 49.8 Å². The summed E-state index contributed by atoms with van der Waals surface area (Å²) in [7, 11) is 0. The van der Waals surface area contributed by atoms with Gasteiger partial charge in [0.25, 0.3) is 0 Å². The van der Waals surface area contributed by atoms with Crippen LogP contribution in [-0.4, -0.2) is 34.3 Å². The van der Waals surface area contributed by atoms with Crippen molar-refractivity contribution in [3.63, 3.8) is 0 Å². The van der Waals surface area contributed by atoms with Gasteiger partial charge in [-0.1, -0.05) is 42.5 Å². The van der Waals surface area contributed by atoms with Gasteiger partial charge in [-0.25, -0.2) is 4.79 Å². The highest BCUT2D eigenvalue weighted by Gasteiger charge is 2.21. The van der Waals surface area contributed by atoms with Crippen molar-refractivity contribution in [2.24, 2.45) is 0 Å². The SMILES string of the molecule is C[C@@H](O)/C=C/CCN(Cc1ccccc1)C(=O)OC(C)(C)C. The maximum absolute atomic E-state index is 12.3. The largest absolute Gasteiger partial charge is 0.444 e. The molecule has 4 heteroatoms. The number of carbonyl (C=O) groups excluding carboxylic acids is 1. The Morgan fingerprint density at radius 1 is 1.32 bits per heavy atom. The van der Waals surface area contributed by atoms with Crippen LogP contribution in [0.25, 0.3) is 0 Å². The molecule has 0 saturated heterocycles. The number of benzene rings is 1. The predicted molar refractivity (Wildman–Crippen MR) is 88.5 cm³/mol. The number of nitrogens with zero attached hydrogens (tertiary/aromatic N) is 1. The van der Waals surface area contributed by atoms with E-state index in [1.54, 1.807) is 17.9 Å². The molecule has 1 N–H and O–H groups in total. The van der Waals surface area contributed by atoms with Gasteiger partial charge in [-0.05, 0) is 39.7 Å². The lowest BCUT2D eigenvalue weighted by Crippen LogP contribution is -2.37. The average molecular weight is 305 g/mol. The molecule has 0 heterocycles. The Kier molecular flexibility index (Phi) is 7.12. The van der Waals surface area contributed by atoms with Gasteiger partial charge in [-0.3, -0.25) is 0 Å². The lowest BCUT2D eigenvalue weighted by atomic mass is 10.2. The van der Waals surface area contributed by atoms with E-state index in [0.717, 1.165) is 5.56 Å². The summed E-state index contributed by atoms with van der Waals surface area (Å²) in [5.74, 6) is 0. The summed E-state index contributed by atoms with van der Waals surface area (Å²) in [5.41, 5.74) is 0.550. The van der Waals surface area contributed by atoms with Crippen molar-refractivity contribution < 1.29 is 14.6 Å². The Balaban J connectivity index is 2.69. The Labute approximate surface area is 133 Å². The number of amides is 1. The summed E-state index contributed by atoms with van der Waals surface area (Å²) >= 11 is 0. The second kappa shape index (κ2) is 8.59. The standard InChI is InChI=1S/C18H27NO3/c1-15(20)10-8-9-13-19(17(21)22-18(2,3)4)14-16-11-6-5-7-12-16/h5-8,10-12,15,20H,9,13-14H2,1-4H3/b10-8+/t15-/m1/s1. The van der Waals surface area contributed by atoms with E-state index in [1.165, 1.54) is 0 Å². The molecule has 1 amide bonds. The van der Waals surface area contributed by atoms with Crippen molar-refractivity contribution in [1.29, 1.82) is 0 Å². The molecule has 0 radical (unpaired) electrons. The fourth-order valence-electron chi connectivity index (χ4n) is 1.89. The summed E-state index contributed by atoms with van der Waals surface area (Å²) in [6.45, 7) is 8.34. The van der Waals surface area contributed by atoms with E-state index in [0.29, 0.717) is 19.5 Å². The van der Waals surface area contributed by atoms with Crippen LogP contribution in [0, 0.1) is 0 Å². The van der Waals surface area contributed by atoms with Crippen LogP contribution in [0.1, 0.15) is 39.7 Å². The zero-order valence-electron chi connectivity index (χ0n) is 14.0. The van der Waals surface area contributed by atoms with Gasteiger partial charge < -0.3 is 14.7 Å². The first-order valence-corrected chi connectivity index (χ1v) is 7.64. The zero-order valence-corrected chi connectivity index (χ0v) is 14.0. The Morgan fingerprint density at radius 3 is 2.50 bits per heavy atom. The van der Waals surface area contributed by atoms with Crippen molar-refractivity contribution in [3.05, 3.63) is 48.0 Å². The van der Waals surface area contributed by atoms with Gasteiger partial charge in [-0.15, -0.1) is 0 Å². The van der Waals surface area contributed by atoms with Crippen LogP contribution in [-0.2, 0) is 11.3 Å². The summed E-state index contributed by atoms with van der Waals surface area (Å²) in [6, 6.07) is 9.84. The van der Waals surface area contributed by atoms with Crippen LogP contribution in [0.4, 0.5) is 4.79 Å². The van der Waals surface area contributed by atoms with E-state index in [-0.39, 0.29) is 6.09 Å². The molecule has 0 aliphatic carbocycles. The molecule has 0 aliphatic rings. The first-order valence-electron chi connectivity index (χ1n) is 7.64. The average Bonchev–Trinajstić information content (AvgIpc) is 2.41. The van der Waals surface area contributed by atoms with Crippen LogP contribution in [0.2, 0.25) is 0 Å². The third kappa shape index (κ3) is 7.84. The molecule has 4 nitrogen and oxygen atoms in total. The summed E-state index contributed by atoms with van der Waals surface area (Å²) < 4.78 is 5.46. The maximum Gasteiger partial charge on any atom is 0.410 e. The molecule has 0 bridgehead atoms. The van der Waals surface area contributed by atoms with E-state index in [4.69, 9.17) is 4.74 Å². The number of rotatable bonds is 6. The molecule has 1 atom stereocenters. The van der Waals surface area contributed by atoms with Gasteiger partial charge >= 0.3 is 6.09 Å². The van der Waals surface area contributed by atoms with Crippen LogP contribution in [0.15, 0.2) is 42.5 Å². The first kappa shape index (κ1) is 18.2.